The van der Waals surface area contributed by atoms with Gasteiger partial charge >= 0.3 is 5.69 Å². The highest BCUT2D eigenvalue weighted by Crippen LogP contribution is 2.30. The number of imidazole rings is 1. The van der Waals surface area contributed by atoms with Gasteiger partial charge in [-0.15, -0.1) is 0 Å². The monoisotopic (exact) mass is 311 g/mol. The van der Waals surface area contributed by atoms with E-state index in [9.17, 15) is 10.1 Å². The molecule has 2 heterocycles. The summed E-state index contributed by atoms with van der Waals surface area (Å²) < 4.78 is 2.18. The van der Waals surface area contributed by atoms with E-state index in [1.807, 2.05) is 0 Å². The van der Waals surface area contributed by atoms with Gasteiger partial charge in [-0.25, -0.2) is 4.98 Å². The van der Waals surface area contributed by atoms with Crippen molar-refractivity contribution in [3.05, 3.63) is 45.2 Å². The van der Waals surface area contributed by atoms with Crippen LogP contribution in [0.5, 0.6) is 0 Å². The summed E-state index contributed by atoms with van der Waals surface area (Å²) in [6.07, 6.45) is 6.51. The van der Waals surface area contributed by atoms with Crippen LogP contribution in [0.4, 0.5) is 5.69 Å². The first-order valence-corrected chi connectivity index (χ1v) is 5.95. The number of halogens is 1. The van der Waals surface area contributed by atoms with E-state index >= 15 is 0 Å². The number of hydrogen-bond acceptors (Lipinski definition) is 5. The molecule has 0 radical (unpaired) electrons. The molecule has 2 N–H and O–H groups in total. The molecule has 0 saturated heterocycles. The Labute approximate surface area is 111 Å². The minimum absolute atomic E-state index is 0.0827. The lowest BCUT2D eigenvalue weighted by Crippen LogP contribution is -2.10. The summed E-state index contributed by atoms with van der Waals surface area (Å²) >= 11 is 3.28. The fraction of sp³-hybridized carbons (Fsp3) is 0.200. The maximum atomic E-state index is 11.0. The average Bonchev–Trinajstić information content (AvgIpc) is 2.77. The first-order chi connectivity index (χ1) is 8.65. The van der Waals surface area contributed by atoms with Crippen LogP contribution in [0.25, 0.3) is 5.69 Å². The van der Waals surface area contributed by atoms with E-state index < -0.39 is 4.92 Å². The topological polar surface area (TPSA) is 99.9 Å². The molecule has 0 amide bonds. The van der Waals surface area contributed by atoms with E-state index in [0.717, 1.165) is 0 Å². The van der Waals surface area contributed by atoms with Crippen LogP contribution >= 0.6 is 15.9 Å². The van der Waals surface area contributed by atoms with E-state index in [2.05, 4.69) is 25.9 Å². The van der Waals surface area contributed by atoms with Crippen LogP contribution in [0.15, 0.2) is 29.3 Å². The highest BCUT2D eigenvalue weighted by atomic mass is 79.9. The second-order valence-electron chi connectivity index (χ2n) is 3.50. The molecule has 0 aromatic carbocycles. The number of nitrogens with two attached hydrogens (primary N) is 1. The zero-order valence-corrected chi connectivity index (χ0v) is 10.9. The van der Waals surface area contributed by atoms with Crippen LogP contribution in [-0.4, -0.2) is 26.0 Å². The minimum atomic E-state index is -0.473. The summed E-state index contributed by atoms with van der Waals surface area (Å²) in [5.41, 5.74) is 5.82. The SMILES string of the molecule is NCCc1nccn1-c1c(Br)cncc1[N+](=O)[O-]. The van der Waals surface area contributed by atoms with Gasteiger partial charge in [0.05, 0.1) is 9.40 Å². The van der Waals surface area contributed by atoms with Gasteiger partial charge in [-0.1, -0.05) is 0 Å². The Morgan fingerprint density at radius 2 is 2.28 bits per heavy atom. The number of pyridine rings is 1. The third kappa shape index (κ3) is 2.24. The molecule has 94 valence electrons. The third-order valence-corrected chi connectivity index (χ3v) is 2.96. The van der Waals surface area contributed by atoms with Crippen molar-refractivity contribution in [3.8, 4) is 5.69 Å². The van der Waals surface area contributed by atoms with E-state index in [1.165, 1.54) is 12.4 Å². The zero-order chi connectivity index (χ0) is 13.1. The van der Waals surface area contributed by atoms with Crippen molar-refractivity contribution in [3.63, 3.8) is 0 Å². The van der Waals surface area contributed by atoms with Crippen molar-refractivity contribution in [2.75, 3.05) is 6.54 Å². The normalized spacial score (nSPS) is 10.6. The van der Waals surface area contributed by atoms with Gasteiger partial charge in [0.25, 0.3) is 0 Å². The van der Waals surface area contributed by atoms with Gasteiger partial charge in [0.1, 0.15) is 17.7 Å². The Morgan fingerprint density at radius 1 is 1.50 bits per heavy atom. The maximum absolute atomic E-state index is 11.0. The fourth-order valence-corrected chi connectivity index (χ4v) is 2.15. The molecule has 2 rings (SSSR count). The van der Waals surface area contributed by atoms with Crippen LogP contribution in [0.3, 0.4) is 0 Å². The lowest BCUT2D eigenvalue weighted by molar-refractivity contribution is -0.385. The smallest absolute Gasteiger partial charge is 0.312 e. The quantitative estimate of drug-likeness (QED) is 0.680. The predicted molar refractivity (Wildman–Crippen MR) is 68.5 cm³/mol. The molecule has 0 saturated carbocycles. The predicted octanol–water partition coefficient (Wildman–Crippen LogP) is 1.44. The van der Waals surface area contributed by atoms with Gasteiger partial charge in [-0.2, -0.15) is 0 Å². The molecule has 7 nitrogen and oxygen atoms in total. The van der Waals surface area contributed by atoms with Crippen molar-refractivity contribution in [1.29, 1.82) is 0 Å². The molecule has 0 aliphatic carbocycles. The van der Waals surface area contributed by atoms with E-state index in [4.69, 9.17) is 5.73 Å². The Balaban J connectivity index is 2.62. The Morgan fingerprint density at radius 3 is 2.94 bits per heavy atom. The van der Waals surface area contributed by atoms with Gasteiger partial charge in [-0.3, -0.25) is 19.7 Å². The molecule has 0 fully saturated rings. The Hall–Kier alpha value is -1.80. The van der Waals surface area contributed by atoms with Gasteiger partial charge in [0, 0.05) is 25.0 Å². The van der Waals surface area contributed by atoms with Crippen molar-refractivity contribution >= 4 is 21.6 Å². The molecule has 0 aliphatic heterocycles. The molecule has 0 unspecified atom stereocenters. The van der Waals surface area contributed by atoms with Gasteiger partial charge in [0.2, 0.25) is 0 Å². The number of nitro groups is 1. The van der Waals surface area contributed by atoms with Crippen LogP contribution in [0.1, 0.15) is 5.82 Å². The van der Waals surface area contributed by atoms with Crippen molar-refractivity contribution < 1.29 is 4.92 Å². The highest BCUT2D eigenvalue weighted by molar-refractivity contribution is 9.10. The fourth-order valence-electron chi connectivity index (χ4n) is 1.64. The molecule has 2 aromatic heterocycles. The van der Waals surface area contributed by atoms with Gasteiger partial charge < -0.3 is 5.73 Å². The molecular weight excluding hydrogens is 302 g/mol. The Bertz CT molecular complexity index is 583. The first-order valence-electron chi connectivity index (χ1n) is 5.15. The first kappa shape index (κ1) is 12.7. The van der Waals surface area contributed by atoms with Gasteiger partial charge in [0.15, 0.2) is 0 Å². The van der Waals surface area contributed by atoms with Crippen molar-refractivity contribution in [2.24, 2.45) is 5.73 Å². The van der Waals surface area contributed by atoms with Crippen molar-refractivity contribution in [1.82, 2.24) is 14.5 Å². The van der Waals surface area contributed by atoms with Crippen LogP contribution in [0.2, 0.25) is 0 Å². The lowest BCUT2D eigenvalue weighted by Gasteiger charge is -2.09. The standard InChI is InChI=1S/C10H10BrN5O2/c11-7-5-13-6-8(16(17)18)10(7)15-4-3-14-9(15)1-2-12/h3-6H,1-2,12H2. The molecular formula is C10H10BrN5O2. The van der Waals surface area contributed by atoms with Crippen LogP contribution < -0.4 is 5.73 Å². The second kappa shape index (κ2) is 5.23. The lowest BCUT2D eigenvalue weighted by atomic mass is 10.3. The molecule has 0 aliphatic rings. The third-order valence-electron chi connectivity index (χ3n) is 2.38. The average molecular weight is 312 g/mol. The summed E-state index contributed by atoms with van der Waals surface area (Å²) in [5.74, 6) is 0.674. The maximum Gasteiger partial charge on any atom is 0.312 e. The summed E-state index contributed by atoms with van der Waals surface area (Å²) in [6.45, 7) is 0.424. The largest absolute Gasteiger partial charge is 0.330 e. The number of rotatable bonds is 4. The van der Waals surface area contributed by atoms with Crippen LogP contribution in [0, 0.1) is 10.1 Å². The second-order valence-corrected chi connectivity index (χ2v) is 4.35. The van der Waals surface area contributed by atoms with E-state index in [0.29, 0.717) is 29.0 Å². The summed E-state index contributed by atoms with van der Waals surface area (Å²) in [5, 5.41) is 11.0. The molecule has 0 atom stereocenters. The molecule has 0 spiro atoms. The summed E-state index contributed by atoms with van der Waals surface area (Å²) in [4.78, 5) is 18.5. The van der Waals surface area contributed by atoms with E-state index in [-0.39, 0.29) is 5.69 Å². The number of aromatic nitrogens is 3. The van der Waals surface area contributed by atoms with Gasteiger partial charge in [-0.05, 0) is 22.5 Å². The number of nitrogens with zero attached hydrogens (tertiary/aromatic N) is 4. The number of hydrogen-bond donors (Lipinski definition) is 1. The molecule has 18 heavy (non-hydrogen) atoms. The Kier molecular flexibility index (Phi) is 3.68. The summed E-state index contributed by atoms with van der Waals surface area (Å²) in [7, 11) is 0. The van der Waals surface area contributed by atoms with Crippen LogP contribution in [-0.2, 0) is 6.42 Å². The van der Waals surface area contributed by atoms with Crippen molar-refractivity contribution in [2.45, 2.75) is 6.42 Å². The molecule has 8 heteroatoms. The highest BCUT2D eigenvalue weighted by Gasteiger charge is 2.20. The summed E-state index contributed by atoms with van der Waals surface area (Å²) in [6, 6.07) is 0. The van der Waals surface area contributed by atoms with E-state index in [1.54, 1.807) is 17.0 Å². The minimum Gasteiger partial charge on any atom is -0.330 e. The molecule has 0 bridgehead atoms. The zero-order valence-electron chi connectivity index (χ0n) is 9.28. The molecule has 2 aromatic rings.